The van der Waals surface area contributed by atoms with Crippen molar-refractivity contribution < 1.29 is 4.79 Å². The fourth-order valence-corrected chi connectivity index (χ4v) is 2.86. The molecule has 1 aromatic carbocycles. The molecular formula is C16H22N4O. The number of anilines is 1. The van der Waals surface area contributed by atoms with Gasteiger partial charge in [-0.15, -0.1) is 0 Å². The molecule has 5 heteroatoms. The van der Waals surface area contributed by atoms with Gasteiger partial charge >= 0.3 is 6.03 Å². The Hall–Kier alpha value is -2.06. The third kappa shape index (κ3) is 3.73. The zero-order chi connectivity index (χ0) is 15.2. The number of nitrogens with zero attached hydrogens (tertiary/aromatic N) is 2. The zero-order valence-electron chi connectivity index (χ0n) is 12.4. The normalized spacial score (nSPS) is 21.7. The monoisotopic (exact) mass is 286 g/mol. The maximum absolute atomic E-state index is 12.4. The van der Waals surface area contributed by atoms with Crippen LogP contribution in [0.25, 0.3) is 0 Å². The summed E-state index contributed by atoms with van der Waals surface area (Å²) in [5.41, 5.74) is 7.00. The van der Waals surface area contributed by atoms with Crippen LogP contribution in [-0.2, 0) is 0 Å². The molecule has 0 spiro atoms. The van der Waals surface area contributed by atoms with Gasteiger partial charge in [-0.25, -0.2) is 4.79 Å². The molecule has 2 unspecified atom stereocenters. The Morgan fingerprint density at radius 3 is 3.05 bits per heavy atom. The van der Waals surface area contributed by atoms with Crippen molar-refractivity contribution in [3.8, 4) is 6.07 Å². The third-order valence-corrected chi connectivity index (χ3v) is 4.18. The Balaban J connectivity index is 2.03. The van der Waals surface area contributed by atoms with Gasteiger partial charge in [0, 0.05) is 24.8 Å². The molecule has 3 N–H and O–H groups in total. The number of nitriles is 1. The fraction of sp³-hybridized carbons (Fsp3) is 0.500. The highest BCUT2D eigenvalue weighted by Gasteiger charge is 2.29. The zero-order valence-corrected chi connectivity index (χ0v) is 12.4. The number of benzene rings is 1. The molecule has 2 rings (SSSR count). The highest BCUT2D eigenvalue weighted by molar-refractivity contribution is 5.89. The molecule has 1 fully saturated rings. The summed E-state index contributed by atoms with van der Waals surface area (Å²) >= 11 is 0. The van der Waals surface area contributed by atoms with Crippen molar-refractivity contribution in [2.45, 2.75) is 32.2 Å². The minimum atomic E-state index is -0.130. The van der Waals surface area contributed by atoms with Crippen LogP contribution in [0.3, 0.4) is 0 Å². The molecule has 1 heterocycles. The van der Waals surface area contributed by atoms with E-state index in [0.29, 0.717) is 23.7 Å². The fourth-order valence-electron chi connectivity index (χ4n) is 2.86. The van der Waals surface area contributed by atoms with E-state index in [9.17, 15) is 4.79 Å². The lowest BCUT2D eigenvalue weighted by atomic mass is 9.89. The second-order valence-corrected chi connectivity index (χ2v) is 5.50. The Morgan fingerprint density at radius 2 is 2.38 bits per heavy atom. The number of hydrogen-bond acceptors (Lipinski definition) is 3. The van der Waals surface area contributed by atoms with Gasteiger partial charge in [0.1, 0.15) is 0 Å². The van der Waals surface area contributed by atoms with Crippen molar-refractivity contribution in [1.82, 2.24) is 4.90 Å². The average molecular weight is 286 g/mol. The number of amides is 2. The first-order chi connectivity index (χ1) is 10.2. The quantitative estimate of drug-likeness (QED) is 0.895. The molecule has 2 atom stereocenters. The van der Waals surface area contributed by atoms with Gasteiger partial charge in [-0.2, -0.15) is 5.26 Å². The summed E-state index contributed by atoms with van der Waals surface area (Å²) in [4.78, 5) is 14.2. The van der Waals surface area contributed by atoms with E-state index in [2.05, 4.69) is 18.3 Å². The molecule has 0 saturated carbocycles. The predicted molar refractivity (Wildman–Crippen MR) is 82.7 cm³/mol. The lowest BCUT2D eigenvalue weighted by molar-refractivity contribution is 0.138. The van der Waals surface area contributed by atoms with E-state index in [0.717, 1.165) is 25.8 Å². The average Bonchev–Trinajstić information content (AvgIpc) is 2.54. The van der Waals surface area contributed by atoms with Crippen LogP contribution < -0.4 is 11.1 Å². The van der Waals surface area contributed by atoms with Gasteiger partial charge in [0.15, 0.2) is 0 Å². The molecule has 1 aliphatic heterocycles. The van der Waals surface area contributed by atoms with Crippen molar-refractivity contribution in [2.75, 3.05) is 18.4 Å². The van der Waals surface area contributed by atoms with E-state index in [1.54, 1.807) is 24.3 Å². The van der Waals surface area contributed by atoms with E-state index >= 15 is 0 Å². The maximum Gasteiger partial charge on any atom is 0.322 e. The number of nitrogens with one attached hydrogen (secondary N) is 1. The summed E-state index contributed by atoms with van der Waals surface area (Å²) in [5, 5.41) is 11.8. The Morgan fingerprint density at radius 1 is 1.57 bits per heavy atom. The van der Waals surface area contributed by atoms with E-state index < -0.39 is 0 Å². The van der Waals surface area contributed by atoms with Crippen molar-refractivity contribution >= 4 is 11.7 Å². The smallest absolute Gasteiger partial charge is 0.322 e. The third-order valence-electron chi connectivity index (χ3n) is 4.18. The van der Waals surface area contributed by atoms with Crippen molar-refractivity contribution in [3.05, 3.63) is 29.8 Å². The molecule has 21 heavy (non-hydrogen) atoms. The van der Waals surface area contributed by atoms with Crippen LogP contribution in [-0.4, -0.2) is 30.1 Å². The van der Waals surface area contributed by atoms with Crippen LogP contribution in [0.15, 0.2) is 24.3 Å². The Kier molecular flexibility index (Phi) is 5.18. The van der Waals surface area contributed by atoms with Crippen LogP contribution in [0, 0.1) is 17.2 Å². The Labute approximate surface area is 125 Å². The van der Waals surface area contributed by atoms with Crippen LogP contribution in [0.1, 0.15) is 31.7 Å². The summed E-state index contributed by atoms with van der Waals surface area (Å²) in [7, 11) is 0. The maximum atomic E-state index is 12.4. The summed E-state index contributed by atoms with van der Waals surface area (Å²) in [6.07, 6.45) is 3.13. The van der Waals surface area contributed by atoms with Gasteiger partial charge in [0.2, 0.25) is 0 Å². The summed E-state index contributed by atoms with van der Waals surface area (Å²) in [6.45, 7) is 3.41. The molecule has 1 aromatic rings. The van der Waals surface area contributed by atoms with Gasteiger partial charge < -0.3 is 16.0 Å². The number of hydrogen-bond donors (Lipinski definition) is 2. The number of likely N-dealkylation sites (tertiary alicyclic amines) is 1. The van der Waals surface area contributed by atoms with Crippen LogP contribution in [0.4, 0.5) is 10.5 Å². The molecule has 0 radical (unpaired) electrons. The molecule has 0 aliphatic carbocycles. The SMILES string of the molecule is CCC1CCN(C(=O)Nc2cccc(C#N)c2)C(CN)C1. The first-order valence-corrected chi connectivity index (χ1v) is 7.45. The van der Waals surface area contributed by atoms with Gasteiger partial charge in [-0.05, 0) is 37.0 Å². The first-order valence-electron chi connectivity index (χ1n) is 7.45. The van der Waals surface area contributed by atoms with Crippen LogP contribution >= 0.6 is 0 Å². The lowest BCUT2D eigenvalue weighted by Crippen LogP contribution is -2.51. The van der Waals surface area contributed by atoms with Gasteiger partial charge in [-0.1, -0.05) is 19.4 Å². The molecule has 5 nitrogen and oxygen atoms in total. The lowest BCUT2D eigenvalue weighted by Gasteiger charge is -2.38. The van der Waals surface area contributed by atoms with Crippen LogP contribution in [0.2, 0.25) is 0 Å². The molecule has 1 saturated heterocycles. The Bertz CT molecular complexity index is 537. The summed E-state index contributed by atoms with van der Waals surface area (Å²) < 4.78 is 0. The number of carbonyl (C=O) groups is 1. The standard InChI is InChI=1S/C16H22N4O/c1-2-12-6-7-20(15(9-12)11-18)16(21)19-14-5-3-4-13(8-14)10-17/h3-5,8,12,15H,2,6-7,9,11,18H2,1H3,(H,19,21). The number of urea groups is 1. The number of rotatable bonds is 3. The van der Waals surface area contributed by atoms with E-state index in [-0.39, 0.29) is 12.1 Å². The number of carbonyl (C=O) groups excluding carboxylic acids is 1. The van der Waals surface area contributed by atoms with Gasteiger partial charge in [0.05, 0.1) is 11.6 Å². The highest BCUT2D eigenvalue weighted by Crippen LogP contribution is 2.25. The minimum Gasteiger partial charge on any atom is -0.328 e. The minimum absolute atomic E-state index is 0.0999. The largest absolute Gasteiger partial charge is 0.328 e. The summed E-state index contributed by atoms with van der Waals surface area (Å²) in [6, 6.07) is 8.98. The van der Waals surface area contributed by atoms with E-state index in [1.807, 2.05) is 4.90 Å². The van der Waals surface area contributed by atoms with Gasteiger partial charge in [-0.3, -0.25) is 0 Å². The van der Waals surface area contributed by atoms with E-state index in [1.165, 1.54) is 0 Å². The number of piperidine rings is 1. The highest BCUT2D eigenvalue weighted by atomic mass is 16.2. The molecular weight excluding hydrogens is 264 g/mol. The molecule has 0 bridgehead atoms. The van der Waals surface area contributed by atoms with E-state index in [4.69, 9.17) is 11.0 Å². The van der Waals surface area contributed by atoms with Crippen molar-refractivity contribution in [3.63, 3.8) is 0 Å². The number of nitrogens with two attached hydrogens (primary N) is 1. The molecule has 112 valence electrons. The molecule has 2 amide bonds. The van der Waals surface area contributed by atoms with Gasteiger partial charge in [0.25, 0.3) is 0 Å². The first kappa shape index (κ1) is 15.3. The second-order valence-electron chi connectivity index (χ2n) is 5.50. The summed E-state index contributed by atoms with van der Waals surface area (Å²) in [5.74, 6) is 0.657. The molecule has 1 aliphatic rings. The molecule has 0 aromatic heterocycles. The topological polar surface area (TPSA) is 82.2 Å². The van der Waals surface area contributed by atoms with Crippen molar-refractivity contribution in [1.29, 1.82) is 5.26 Å². The predicted octanol–water partition coefficient (Wildman–Crippen LogP) is 2.54. The second kappa shape index (κ2) is 7.09. The van der Waals surface area contributed by atoms with Crippen LogP contribution in [0.5, 0.6) is 0 Å². The van der Waals surface area contributed by atoms with Crippen molar-refractivity contribution in [2.24, 2.45) is 11.7 Å².